The van der Waals surface area contributed by atoms with E-state index < -0.39 is 5.41 Å². The topological polar surface area (TPSA) is 75.9 Å². The van der Waals surface area contributed by atoms with Crippen molar-refractivity contribution in [2.45, 2.75) is 119 Å². The molecule has 1 aromatic carbocycles. The number of fused-ring (bicyclic) bond motifs is 8. The Balaban J connectivity index is 1.29. The summed E-state index contributed by atoms with van der Waals surface area (Å²) in [6, 6.07) is 12.6. The summed E-state index contributed by atoms with van der Waals surface area (Å²) >= 11 is 0. The number of carbonyl (C=O) groups excluding carboxylic acids is 1. The van der Waals surface area contributed by atoms with Gasteiger partial charge in [0.25, 0.3) is 0 Å². The number of aryl methyl sites for hydroxylation is 1. The van der Waals surface area contributed by atoms with Crippen molar-refractivity contribution in [2.75, 3.05) is 0 Å². The first-order valence-corrected chi connectivity index (χ1v) is 17.9. The van der Waals surface area contributed by atoms with Crippen LogP contribution in [0.5, 0.6) is 0 Å². The summed E-state index contributed by atoms with van der Waals surface area (Å²) in [6.07, 6.45) is 10.8. The number of aromatic nitrogens is 2. The van der Waals surface area contributed by atoms with Gasteiger partial charge in [-0.15, -0.1) is 0 Å². The summed E-state index contributed by atoms with van der Waals surface area (Å²) < 4.78 is 6.22. The van der Waals surface area contributed by atoms with Crippen molar-refractivity contribution < 1.29 is 9.53 Å². The Morgan fingerprint density at radius 1 is 0.978 bits per heavy atom. The van der Waals surface area contributed by atoms with Gasteiger partial charge in [-0.05, 0) is 110 Å². The van der Waals surface area contributed by atoms with Crippen LogP contribution in [0.1, 0.15) is 122 Å². The van der Waals surface area contributed by atoms with Crippen LogP contribution in [-0.4, -0.2) is 15.9 Å². The average molecular weight is 620 g/mol. The second-order valence-electron chi connectivity index (χ2n) is 17.3. The number of hydrogen-bond donors (Lipinski definition) is 0. The first-order chi connectivity index (χ1) is 21.7. The molecule has 0 aliphatic heterocycles. The molecule has 5 nitrogen and oxygen atoms in total. The van der Waals surface area contributed by atoms with Crippen LogP contribution in [0.2, 0.25) is 0 Å². The van der Waals surface area contributed by atoms with E-state index in [4.69, 9.17) is 9.72 Å². The Bertz CT molecular complexity index is 1640. The number of hydrogen-bond acceptors (Lipinski definition) is 5. The van der Waals surface area contributed by atoms with E-state index in [9.17, 15) is 10.1 Å². The lowest BCUT2D eigenvalue weighted by molar-refractivity contribution is -0.184. The van der Waals surface area contributed by atoms with Crippen molar-refractivity contribution in [3.05, 3.63) is 70.3 Å². The number of allylic oxidation sites excluding steroid dienone is 2. The Morgan fingerprint density at radius 2 is 1.72 bits per heavy atom. The van der Waals surface area contributed by atoms with Crippen molar-refractivity contribution in [2.24, 2.45) is 51.2 Å². The van der Waals surface area contributed by atoms with E-state index >= 15 is 0 Å². The molecule has 0 N–H and O–H groups in total. The minimum atomic E-state index is -0.445. The lowest BCUT2D eigenvalue weighted by Crippen LogP contribution is -2.65. The molecule has 0 spiro atoms. The molecule has 0 radical (unpaired) electrons. The SMILES string of the molecule is Cc1nc(C#N)c2c(n1)C(C)(C)C1CC[C@]3(C)C(CC=C4C5[C@@H](C)[C@H](C)CC[C@]5(C(=O)OCc5ccccc5)CC[C@]43C)[C@@]1(C)C2. The number of ether oxygens (including phenoxy) is 1. The fraction of sp³-hybridized carbons (Fsp3) is 0.659. The fourth-order valence-electron chi connectivity index (χ4n) is 12.4. The van der Waals surface area contributed by atoms with Gasteiger partial charge in [0.15, 0.2) is 0 Å². The quantitative estimate of drug-likeness (QED) is 0.253. The zero-order chi connectivity index (χ0) is 32.9. The lowest BCUT2D eigenvalue weighted by Gasteiger charge is -2.71. The maximum atomic E-state index is 14.3. The second kappa shape index (κ2) is 10.5. The molecule has 5 aliphatic rings. The van der Waals surface area contributed by atoms with E-state index in [1.807, 2.05) is 37.3 Å². The molecule has 0 bridgehead atoms. The number of nitrogens with zero attached hydrogens (tertiary/aromatic N) is 3. The highest BCUT2D eigenvalue weighted by atomic mass is 16.5. The lowest BCUT2D eigenvalue weighted by atomic mass is 9.33. The highest BCUT2D eigenvalue weighted by Gasteiger charge is 2.69. The molecule has 5 aliphatic carbocycles. The predicted octanol–water partition coefficient (Wildman–Crippen LogP) is 9.07. The van der Waals surface area contributed by atoms with Crippen LogP contribution < -0.4 is 0 Å². The highest BCUT2D eigenvalue weighted by molar-refractivity contribution is 5.79. The largest absolute Gasteiger partial charge is 0.460 e. The predicted molar refractivity (Wildman–Crippen MR) is 180 cm³/mol. The molecule has 3 saturated carbocycles. The zero-order valence-electron chi connectivity index (χ0n) is 29.4. The summed E-state index contributed by atoms with van der Waals surface area (Å²) in [7, 11) is 0. The monoisotopic (exact) mass is 619 g/mol. The Morgan fingerprint density at radius 3 is 2.43 bits per heavy atom. The molecule has 5 heteroatoms. The molecule has 46 heavy (non-hydrogen) atoms. The van der Waals surface area contributed by atoms with Crippen LogP contribution in [-0.2, 0) is 28.0 Å². The van der Waals surface area contributed by atoms with Crippen LogP contribution in [0.4, 0.5) is 0 Å². The first-order valence-electron chi connectivity index (χ1n) is 17.9. The van der Waals surface area contributed by atoms with E-state index in [0.717, 1.165) is 61.8 Å². The van der Waals surface area contributed by atoms with E-state index in [0.29, 0.717) is 41.8 Å². The van der Waals surface area contributed by atoms with E-state index in [1.165, 1.54) is 6.42 Å². The zero-order valence-corrected chi connectivity index (χ0v) is 29.4. The van der Waals surface area contributed by atoms with Crippen molar-refractivity contribution in [3.63, 3.8) is 0 Å². The maximum absolute atomic E-state index is 14.3. The highest BCUT2D eigenvalue weighted by Crippen LogP contribution is 2.75. The third kappa shape index (κ3) is 4.13. The van der Waals surface area contributed by atoms with Gasteiger partial charge >= 0.3 is 5.97 Å². The molecule has 3 unspecified atom stereocenters. The number of rotatable bonds is 3. The normalized spacial score (nSPS) is 40.5. The van der Waals surface area contributed by atoms with E-state index in [2.05, 4.69) is 65.6 Å². The van der Waals surface area contributed by atoms with Gasteiger partial charge in [-0.2, -0.15) is 5.26 Å². The molecule has 0 saturated heterocycles. The van der Waals surface area contributed by atoms with Gasteiger partial charge in [0.2, 0.25) is 0 Å². The van der Waals surface area contributed by atoms with Crippen LogP contribution in [0.15, 0.2) is 42.0 Å². The van der Waals surface area contributed by atoms with Crippen molar-refractivity contribution in [1.29, 1.82) is 5.26 Å². The Hall–Kier alpha value is -3.00. The summed E-state index contributed by atoms with van der Waals surface area (Å²) in [4.78, 5) is 24.0. The average Bonchev–Trinajstić information content (AvgIpc) is 3.02. The third-order valence-corrected chi connectivity index (χ3v) is 15.1. The molecule has 2 aromatic rings. The summed E-state index contributed by atoms with van der Waals surface area (Å²) in [5.74, 6) is 2.90. The van der Waals surface area contributed by atoms with Crippen molar-refractivity contribution in [1.82, 2.24) is 9.97 Å². The fourth-order valence-corrected chi connectivity index (χ4v) is 12.4. The first kappa shape index (κ1) is 31.6. The van der Waals surface area contributed by atoms with Gasteiger partial charge in [-0.25, -0.2) is 9.97 Å². The second-order valence-corrected chi connectivity index (χ2v) is 17.3. The summed E-state index contributed by atoms with van der Waals surface area (Å²) in [5.41, 5.74) is 4.91. The minimum absolute atomic E-state index is 0.00927. The standard InChI is InChI=1S/C41H53N3O2/c1-25-16-19-41(36(45)46-24-28-12-10-9-11-13-28)21-20-39(7)30(34(41)26(25)2)14-15-33-38(6)22-29-31(23-42)43-27(3)44-35(29)37(4,5)32(38)17-18-40(33,39)8/h9-14,25-26,32-34H,15-22,24H2,1-8H3/t25-,26+,32?,33?,34?,38+,39-,40-,41+/m1/s1. The molecule has 7 rings (SSSR count). The van der Waals surface area contributed by atoms with E-state index in [-0.39, 0.29) is 33.5 Å². The molecule has 244 valence electrons. The van der Waals surface area contributed by atoms with Crippen molar-refractivity contribution >= 4 is 5.97 Å². The maximum Gasteiger partial charge on any atom is 0.313 e. The number of nitriles is 1. The van der Waals surface area contributed by atoms with E-state index in [1.54, 1.807) is 5.57 Å². The molecule has 9 atom stereocenters. The van der Waals surface area contributed by atoms with Crippen LogP contribution in [0.3, 0.4) is 0 Å². The van der Waals surface area contributed by atoms with Crippen LogP contribution in [0, 0.1) is 69.5 Å². The molecule has 1 aromatic heterocycles. The van der Waals surface area contributed by atoms with Crippen molar-refractivity contribution in [3.8, 4) is 6.07 Å². The Labute approximate surface area is 276 Å². The van der Waals surface area contributed by atoms with Gasteiger partial charge in [0.05, 0.1) is 11.1 Å². The van der Waals surface area contributed by atoms with Crippen LogP contribution >= 0.6 is 0 Å². The van der Waals surface area contributed by atoms with Crippen LogP contribution in [0.25, 0.3) is 0 Å². The Kier molecular flexibility index (Phi) is 7.21. The van der Waals surface area contributed by atoms with Gasteiger partial charge in [-0.1, -0.05) is 90.4 Å². The number of carbonyl (C=O) groups is 1. The third-order valence-electron chi connectivity index (χ3n) is 15.1. The van der Waals surface area contributed by atoms with Gasteiger partial charge in [0, 0.05) is 11.0 Å². The minimum Gasteiger partial charge on any atom is -0.460 e. The smallest absolute Gasteiger partial charge is 0.313 e. The van der Waals surface area contributed by atoms with Gasteiger partial charge in [-0.3, -0.25) is 4.79 Å². The molecule has 3 fully saturated rings. The summed E-state index contributed by atoms with van der Waals surface area (Å²) in [6.45, 7) is 19.5. The van der Waals surface area contributed by atoms with Gasteiger partial charge < -0.3 is 4.74 Å². The van der Waals surface area contributed by atoms with Gasteiger partial charge in [0.1, 0.15) is 24.2 Å². The molecule has 0 amide bonds. The molecular formula is C41H53N3O2. The molecule has 1 heterocycles. The molecular weight excluding hydrogens is 566 g/mol. The summed E-state index contributed by atoms with van der Waals surface area (Å²) in [5, 5.41) is 10.2. The number of esters is 1. The number of benzene rings is 1.